The van der Waals surface area contributed by atoms with Crippen LogP contribution in [0.1, 0.15) is 5.56 Å². The van der Waals surface area contributed by atoms with Gasteiger partial charge in [-0.2, -0.15) is 0 Å². The van der Waals surface area contributed by atoms with Gasteiger partial charge in [0.25, 0.3) is 0 Å². The lowest BCUT2D eigenvalue weighted by molar-refractivity contribution is 0.599. The van der Waals surface area contributed by atoms with Crippen LogP contribution in [0.4, 0.5) is 10.1 Å². The maximum atomic E-state index is 12.9. The highest BCUT2D eigenvalue weighted by molar-refractivity contribution is 7.92. The van der Waals surface area contributed by atoms with Crippen LogP contribution in [0.25, 0.3) is 11.1 Å². The Labute approximate surface area is 111 Å². The minimum Gasteiger partial charge on any atom is -0.283 e. The minimum absolute atomic E-state index is 0.104. The maximum absolute atomic E-state index is 12.9. The number of sulfonamides is 1. The molecule has 0 saturated heterocycles. The molecule has 0 unspecified atom stereocenters. The predicted octanol–water partition coefficient (Wildman–Crippen LogP) is 2.79. The summed E-state index contributed by atoms with van der Waals surface area (Å²) in [5.74, 6) is -0.165. The third-order valence-corrected chi connectivity index (χ3v) is 4.46. The van der Waals surface area contributed by atoms with E-state index in [1.165, 1.54) is 12.1 Å². The van der Waals surface area contributed by atoms with E-state index in [2.05, 4.69) is 4.72 Å². The number of benzene rings is 2. The molecule has 1 N–H and O–H groups in total. The fourth-order valence-corrected chi connectivity index (χ4v) is 3.31. The van der Waals surface area contributed by atoms with Crippen LogP contribution in [-0.4, -0.2) is 14.2 Å². The van der Waals surface area contributed by atoms with Crippen LogP contribution in [0.15, 0.2) is 42.5 Å². The van der Waals surface area contributed by atoms with E-state index in [0.717, 1.165) is 16.7 Å². The maximum Gasteiger partial charge on any atom is 0.233 e. The van der Waals surface area contributed by atoms with Crippen LogP contribution >= 0.6 is 0 Å². The molecule has 0 amide bonds. The highest BCUT2D eigenvalue weighted by Gasteiger charge is 2.20. The largest absolute Gasteiger partial charge is 0.283 e. The van der Waals surface area contributed by atoms with Gasteiger partial charge in [-0.15, -0.1) is 0 Å². The van der Waals surface area contributed by atoms with Gasteiger partial charge in [0, 0.05) is 0 Å². The Kier molecular flexibility index (Phi) is 2.78. The van der Waals surface area contributed by atoms with Gasteiger partial charge in [0.1, 0.15) is 5.82 Å². The quantitative estimate of drug-likeness (QED) is 0.871. The number of rotatable bonds is 1. The van der Waals surface area contributed by atoms with Crippen molar-refractivity contribution in [2.45, 2.75) is 6.42 Å². The molecule has 0 atom stereocenters. The molecule has 0 saturated carbocycles. The van der Waals surface area contributed by atoms with E-state index in [-0.39, 0.29) is 11.6 Å². The molecule has 2 aromatic rings. The summed E-state index contributed by atoms with van der Waals surface area (Å²) in [4.78, 5) is 0. The van der Waals surface area contributed by atoms with Crippen molar-refractivity contribution in [1.29, 1.82) is 0 Å². The number of nitrogens with one attached hydrogen (secondary N) is 1. The van der Waals surface area contributed by atoms with Gasteiger partial charge < -0.3 is 0 Å². The van der Waals surface area contributed by atoms with E-state index in [4.69, 9.17) is 0 Å². The van der Waals surface area contributed by atoms with Crippen molar-refractivity contribution in [1.82, 2.24) is 0 Å². The molecule has 0 radical (unpaired) electrons. The number of hydrogen-bond donors (Lipinski definition) is 1. The summed E-state index contributed by atoms with van der Waals surface area (Å²) in [6.45, 7) is 0. The highest BCUT2D eigenvalue weighted by atomic mass is 32.2. The zero-order chi connectivity index (χ0) is 13.5. The normalized spacial score (nSPS) is 16.5. The van der Waals surface area contributed by atoms with Gasteiger partial charge in [0.2, 0.25) is 10.0 Å². The SMILES string of the molecule is O=S1(=O)CCc2cc(-c3ccc(F)cc3)ccc2N1. The van der Waals surface area contributed by atoms with E-state index in [0.29, 0.717) is 12.1 Å². The van der Waals surface area contributed by atoms with Crippen LogP contribution in [0.2, 0.25) is 0 Å². The number of anilines is 1. The molecule has 1 heterocycles. The fourth-order valence-electron chi connectivity index (χ4n) is 2.18. The predicted molar refractivity (Wildman–Crippen MR) is 72.9 cm³/mol. The van der Waals surface area contributed by atoms with Crippen LogP contribution in [0, 0.1) is 5.82 Å². The average molecular weight is 277 g/mol. The first-order valence-electron chi connectivity index (χ1n) is 5.93. The van der Waals surface area contributed by atoms with Gasteiger partial charge >= 0.3 is 0 Å². The van der Waals surface area contributed by atoms with Crippen molar-refractivity contribution in [2.24, 2.45) is 0 Å². The van der Waals surface area contributed by atoms with Gasteiger partial charge in [-0.1, -0.05) is 18.2 Å². The van der Waals surface area contributed by atoms with Gasteiger partial charge in [-0.3, -0.25) is 4.72 Å². The summed E-state index contributed by atoms with van der Waals surface area (Å²) in [5.41, 5.74) is 3.48. The van der Waals surface area contributed by atoms with Crippen molar-refractivity contribution in [2.75, 3.05) is 10.5 Å². The lowest BCUT2D eigenvalue weighted by atomic mass is 10.0. The Morgan fingerprint density at radius 1 is 1.00 bits per heavy atom. The molecule has 1 aliphatic rings. The lowest BCUT2D eigenvalue weighted by Gasteiger charge is -2.19. The summed E-state index contributed by atoms with van der Waals surface area (Å²) in [6.07, 6.45) is 0.500. The Balaban J connectivity index is 2.01. The molecule has 2 aromatic carbocycles. The second-order valence-corrected chi connectivity index (χ2v) is 6.39. The lowest BCUT2D eigenvalue weighted by Crippen LogP contribution is -2.23. The molecule has 1 aliphatic heterocycles. The third-order valence-electron chi connectivity index (χ3n) is 3.19. The van der Waals surface area contributed by atoms with Crippen molar-refractivity contribution in [3.63, 3.8) is 0 Å². The Morgan fingerprint density at radius 3 is 2.42 bits per heavy atom. The van der Waals surface area contributed by atoms with Crippen LogP contribution in [-0.2, 0) is 16.4 Å². The molecule has 0 aliphatic carbocycles. The number of hydrogen-bond acceptors (Lipinski definition) is 2. The summed E-state index contributed by atoms with van der Waals surface area (Å²) >= 11 is 0. The standard InChI is InChI=1S/C14H12FNO2S/c15-13-4-1-10(2-5-13)11-3-6-14-12(9-11)7-8-19(17,18)16-14/h1-6,9,16H,7-8H2. The topological polar surface area (TPSA) is 46.2 Å². The van der Waals surface area contributed by atoms with E-state index in [9.17, 15) is 12.8 Å². The first-order chi connectivity index (χ1) is 9.03. The third kappa shape index (κ3) is 2.46. The van der Waals surface area contributed by atoms with Crippen LogP contribution in [0.5, 0.6) is 0 Å². The highest BCUT2D eigenvalue weighted by Crippen LogP contribution is 2.29. The Bertz CT molecular complexity index is 724. The summed E-state index contributed by atoms with van der Waals surface area (Å²) in [5, 5.41) is 0. The van der Waals surface area contributed by atoms with E-state index >= 15 is 0 Å². The molecular weight excluding hydrogens is 265 g/mol. The molecule has 0 fully saturated rings. The zero-order valence-electron chi connectivity index (χ0n) is 10.1. The monoisotopic (exact) mass is 277 g/mol. The summed E-state index contributed by atoms with van der Waals surface area (Å²) in [6, 6.07) is 11.8. The molecule has 0 bridgehead atoms. The van der Waals surface area contributed by atoms with Crippen LogP contribution in [0.3, 0.4) is 0 Å². The molecule has 0 aromatic heterocycles. The second kappa shape index (κ2) is 4.35. The van der Waals surface area contributed by atoms with E-state index < -0.39 is 10.0 Å². The molecule has 0 spiro atoms. The smallest absolute Gasteiger partial charge is 0.233 e. The molecule has 98 valence electrons. The Morgan fingerprint density at radius 2 is 1.68 bits per heavy atom. The van der Waals surface area contributed by atoms with Gasteiger partial charge in [-0.25, -0.2) is 12.8 Å². The van der Waals surface area contributed by atoms with Gasteiger partial charge in [-0.05, 0) is 47.4 Å². The zero-order valence-corrected chi connectivity index (χ0v) is 10.9. The molecule has 3 rings (SSSR count). The van der Waals surface area contributed by atoms with Gasteiger partial charge in [0.15, 0.2) is 0 Å². The molecular formula is C14H12FNO2S. The molecule has 19 heavy (non-hydrogen) atoms. The first-order valence-corrected chi connectivity index (χ1v) is 7.58. The summed E-state index contributed by atoms with van der Waals surface area (Å²) < 4.78 is 38.3. The van der Waals surface area contributed by atoms with Crippen LogP contribution < -0.4 is 4.72 Å². The van der Waals surface area contributed by atoms with E-state index in [1.807, 2.05) is 12.1 Å². The van der Waals surface area contributed by atoms with Crippen molar-refractivity contribution in [3.05, 3.63) is 53.8 Å². The first kappa shape index (κ1) is 12.2. The van der Waals surface area contributed by atoms with E-state index in [1.54, 1.807) is 18.2 Å². The summed E-state index contributed by atoms with van der Waals surface area (Å²) in [7, 11) is -3.18. The molecule has 5 heteroatoms. The number of aryl methyl sites for hydroxylation is 1. The van der Waals surface area contributed by atoms with Gasteiger partial charge in [0.05, 0.1) is 11.4 Å². The Hall–Kier alpha value is -1.88. The van der Waals surface area contributed by atoms with Crippen molar-refractivity contribution in [3.8, 4) is 11.1 Å². The minimum atomic E-state index is -3.18. The average Bonchev–Trinajstić information content (AvgIpc) is 2.38. The number of fused-ring (bicyclic) bond motifs is 1. The molecule has 3 nitrogen and oxygen atoms in total. The van der Waals surface area contributed by atoms with Crippen molar-refractivity contribution >= 4 is 15.7 Å². The van der Waals surface area contributed by atoms with Crippen molar-refractivity contribution < 1.29 is 12.8 Å². The number of halogens is 1. The second-order valence-electron chi connectivity index (χ2n) is 4.55. The fraction of sp³-hybridized carbons (Fsp3) is 0.143.